The maximum absolute atomic E-state index is 13.1. The quantitative estimate of drug-likeness (QED) is 0.887. The molecule has 0 saturated carbocycles. The molecular formula is C16H16F2N2O. The molecular weight excluding hydrogens is 274 g/mol. The number of benzene rings is 2. The molecule has 0 atom stereocenters. The van der Waals surface area contributed by atoms with Crippen molar-refractivity contribution in [3.63, 3.8) is 0 Å². The minimum atomic E-state index is -0.401. The Morgan fingerprint density at radius 1 is 1.05 bits per heavy atom. The molecule has 0 saturated heterocycles. The van der Waals surface area contributed by atoms with E-state index >= 15 is 0 Å². The largest absolute Gasteiger partial charge is 0.338 e. The third-order valence-corrected chi connectivity index (χ3v) is 3.06. The molecule has 0 aliphatic rings. The van der Waals surface area contributed by atoms with Gasteiger partial charge in [0.25, 0.3) is 0 Å². The van der Waals surface area contributed by atoms with Crippen molar-refractivity contribution in [2.45, 2.75) is 13.3 Å². The first kappa shape index (κ1) is 15.0. The van der Waals surface area contributed by atoms with E-state index in [0.29, 0.717) is 18.7 Å². The molecule has 5 heteroatoms. The van der Waals surface area contributed by atoms with Crippen LogP contribution in [-0.2, 0) is 6.42 Å². The lowest BCUT2D eigenvalue weighted by molar-refractivity contribution is 0.252. The Balaban J connectivity index is 1.82. The van der Waals surface area contributed by atoms with Crippen LogP contribution in [0.15, 0.2) is 42.5 Å². The second-order valence-electron chi connectivity index (χ2n) is 4.72. The standard InChI is InChI=1S/C16H16F2N2O/c1-11-2-5-14(18)10-15(11)20-16(21)19-9-8-12-3-6-13(17)7-4-12/h2-7,10H,8-9H2,1H3,(H2,19,20,21). The van der Waals surface area contributed by atoms with Crippen LogP contribution in [-0.4, -0.2) is 12.6 Å². The molecule has 2 rings (SSSR count). The predicted molar refractivity (Wildman–Crippen MR) is 78.3 cm³/mol. The fourth-order valence-electron chi connectivity index (χ4n) is 1.87. The molecule has 0 radical (unpaired) electrons. The lowest BCUT2D eigenvalue weighted by atomic mass is 10.1. The molecule has 0 heterocycles. The fourth-order valence-corrected chi connectivity index (χ4v) is 1.87. The highest BCUT2D eigenvalue weighted by atomic mass is 19.1. The van der Waals surface area contributed by atoms with Crippen molar-refractivity contribution in [3.05, 3.63) is 65.2 Å². The summed E-state index contributed by atoms with van der Waals surface area (Å²) >= 11 is 0. The van der Waals surface area contributed by atoms with Crippen LogP contribution < -0.4 is 10.6 Å². The zero-order valence-corrected chi connectivity index (χ0v) is 11.6. The van der Waals surface area contributed by atoms with Gasteiger partial charge in [0.15, 0.2) is 0 Å². The number of rotatable bonds is 4. The Morgan fingerprint density at radius 2 is 1.71 bits per heavy atom. The van der Waals surface area contributed by atoms with Crippen LogP contribution in [0, 0.1) is 18.6 Å². The molecule has 0 aliphatic heterocycles. The molecule has 0 unspecified atom stereocenters. The molecule has 2 amide bonds. The number of halogens is 2. The van der Waals surface area contributed by atoms with Crippen molar-refractivity contribution < 1.29 is 13.6 Å². The monoisotopic (exact) mass is 290 g/mol. The van der Waals surface area contributed by atoms with Gasteiger partial charge in [-0.15, -0.1) is 0 Å². The Kier molecular flexibility index (Phi) is 4.87. The van der Waals surface area contributed by atoms with E-state index in [9.17, 15) is 13.6 Å². The fraction of sp³-hybridized carbons (Fsp3) is 0.188. The summed E-state index contributed by atoms with van der Waals surface area (Å²) in [4.78, 5) is 11.7. The minimum absolute atomic E-state index is 0.286. The second kappa shape index (κ2) is 6.83. The molecule has 0 spiro atoms. The number of aryl methyl sites for hydroxylation is 1. The lowest BCUT2D eigenvalue weighted by Gasteiger charge is -2.10. The highest BCUT2D eigenvalue weighted by Gasteiger charge is 2.05. The summed E-state index contributed by atoms with van der Waals surface area (Å²) in [5, 5.41) is 5.27. The Labute approximate surface area is 122 Å². The summed E-state index contributed by atoms with van der Waals surface area (Å²) in [6.07, 6.45) is 0.593. The van der Waals surface area contributed by atoms with Crippen LogP contribution in [0.25, 0.3) is 0 Å². The molecule has 3 nitrogen and oxygen atoms in total. The third kappa shape index (κ3) is 4.56. The molecule has 0 fully saturated rings. The molecule has 0 aliphatic carbocycles. The van der Waals surface area contributed by atoms with Gasteiger partial charge >= 0.3 is 6.03 Å². The van der Waals surface area contributed by atoms with Crippen LogP contribution in [0.3, 0.4) is 0 Å². The van der Waals surface area contributed by atoms with E-state index in [0.717, 1.165) is 11.1 Å². The molecule has 2 N–H and O–H groups in total. The van der Waals surface area contributed by atoms with Gasteiger partial charge in [-0.2, -0.15) is 0 Å². The normalized spacial score (nSPS) is 10.2. The van der Waals surface area contributed by atoms with Crippen molar-refractivity contribution in [3.8, 4) is 0 Å². The van der Waals surface area contributed by atoms with E-state index in [1.165, 1.54) is 24.3 Å². The van der Waals surface area contributed by atoms with Crippen LogP contribution >= 0.6 is 0 Å². The first-order chi connectivity index (χ1) is 10.0. The summed E-state index contributed by atoms with van der Waals surface area (Å²) in [6, 6.07) is 9.92. The van der Waals surface area contributed by atoms with E-state index in [-0.39, 0.29) is 5.82 Å². The van der Waals surface area contributed by atoms with Crippen LogP contribution in [0.4, 0.5) is 19.3 Å². The molecule has 0 aromatic heterocycles. The van der Waals surface area contributed by atoms with Crippen LogP contribution in [0.2, 0.25) is 0 Å². The number of hydrogen-bond acceptors (Lipinski definition) is 1. The number of urea groups is 1. The van der Waals surface area contributed by atoms with Crippen molar-refractivity contribution in [2.75, 3.05) is 11.9 Å². The third-order valence-electron chi connectivity index (χ3n) is 3.06. The van der Waals surface area contributed by atoms with Crippen molar-refractivity contribution in [1.29, 1.82) is 0 Å². The number of anilines is 1. The van der Waals surface area contributed by atoms with Gasteiger partial charge in [0.05, 0.1) is 0 Å². The number of nitrogens with one attached hydrogen (secondary N) is 2. The van der Waals surface area contributed by atoms with Gasteiger partial charge in [-0.1, -0.05) is 18.2 Å². The van der Waals surface area contributed by atoms with E-state index in [2.05, 4.69) is 10.6 Å². The molecule has 2 aromatic carbocycles. The topological polar surface area (TPSA) is 41.1 Å². The van der Waals surface area contributed by atoms with Gasteiger partial charge < -0.3 is 10.6 Å². The average molecular weight is 290 g/mol. The first-order valence-electron chi connectivity index (χ1n) is 6.60. The smallest absolute Gasteiger partial charge is 0.319 e. The van der Waals surface area contributed by atoms with Gasteiger partial charge in [-0.05, 0) is 48.7 Å². The number of amides is 2. The first-order valence-corrected chi connectivity index (χ1v) is 6.60. The molecule has 2 aromatic rings. The molecule has 21 heavy (non-hydrogen) atoms. The number of carbonyl (C=O) groups is 1. The number of carbonyl (C=O) groups excluding carboxylic acids is 1. The van der Waals surface area contributed by atoms with Gasteiger partial charge in [0.1, 0.15) is 11.6 Å². The maximum atomic E-state index is 13.1. The Bertz CT molecular complexity index is 627. The van der Waals surface area contributed by atoms with Gasteiger partial charge in [-0.25, -0.2) is 13.6 Å². The second-order valence-corrected chi connectivity index (χ2v) is 4.72. The van der Waals surface area contributed by atoms with E-state index in [1.54, 1.807) is 25.1 Å². The molecule has 0 bridgehead atoms. The summed E-state index contributed by atoms with van der Waals surface area (Å²) in [5.41, 5.74) is 2.15. The van der Waals surface area contributed by atoms with Crippen molar-refractivity contribution in [2.24, 2.45) is 0 Å². The maximum Gasteiger partial charge on any atom is 0.319 e. The predicted octanol–water partition coefficient (Wildman–Crippen LogP) is 3.64. The van der Waals surface area contributed by atoms with Gasteiger partial charge in [0, 0.05) is 12.2 Å². The highest BCUT2D eigenvalue weighted by Crippen LogP contribution is 2.15. The van der Waals surface area contributed by atoms with Crippen molar-refractivity contribution in [1.82, 2.24) is 5.32 Å². The van der Waals surface area contributed by atoms with Gasteiger partial charge in [0.2, 0.25) is 0 Å². The molecule has 110 valence electrons. The van der Waals surface area contributed by atoms with E-state index < -0.39 is 11.8 Å². The summed E-state index contributed by atoms with van der Waals surface area (Å²) in [7, 11) is 0. The summed E-state index contributed by atoms with van der Waals surface area (Å²) < 4.78 is 25.8. The van der Waals surface area contributed by atoms with Gasteiger partial charge in [-0.3, -0.25) is 0 Å². The van der Waals surface area contributed by atoms with Crippen LogP contribution in [0.1, 0.15) is 11.1 Å². The Hall–Kier alpha value is -2.43. The lowest BCUT2D eigenvalue weighted by Crippen LogP contribution is -2.30. The SMILES string of the molecule is Cc1ccc(F)cc1NC(=O)NCCc1ccc(F)cc1. The Morgan fingerprint density at radius 3 is 2.43 bits per heavy atom. The summed E-state index contributed by atoms with van der Waals surface area (Å²) in [5.74, 6) is -0.687. The average Bonchev–Trinajstić information content (AvgIpc) is 2.45. The summed E-state index contributed by atoms with van der Waals surface area (Å²) in [6.45, 7) is 2.19. The van der Waals surface area contributed by atoms with E-state index in [4.69, 9.17) is 0 Å². The number of hydrogen-bond donors (Lipinski definition) is 2. The van der Waals surface area contributed by atoms with Crippen LogP contribution in [0.5, 0.6) is 0 Å². The van der Waals surface area contributed by atoms with Crippen molar-refractivity contribution >= 4 is 11.7 Å². The zero-order chi connectivity index (χ0) is 15.2. The zero-order valence-electron chi connectivity index (χ0n) is 11.6. The van der Waals surface area contributed by atoms with E-state index in [1.807, 2.05) is 0 Å². The highest BCUT2D eigenvalue weighted by molar-refractivity contribution is 5.90. The minimum Gasteiger partial charge on any atom is -0.338 e.